The zero-order valence-electron chi connectivity index (χ0n) is 17.3. The Morgan fingerprint density at radius 1 is 1.18 bits per heavy atom. The van der Waals surface area contributed by atoms with Crippen molar-refractivity contribution >= 4 is 46.4 Å². The van der Waals surface area contributed by atoms with Crippen molar-refractivity contribution < 1.29 is 32.3 Å². The van der Waals surface area contributed by atoms with E-state index in [9.17, 15) is 27.6 Å². The van der Waals surface area contributed by atoms with Gasteiger partial charge in [0.25, 0.3) is 5.91 Å². The Labute approximate surface area is 192 Å². The highest BCUT2D eigenvalue weighted by molar-refractivity contribution is 6.31. The molecule has 7 nitrogen and oxygen atoms in total. The van der Waals surface area contributed by atoms with Crippen molar-refractivity contribution in [2.75, 3.05) is 28.7 Å². The van der Waals surface area contributed by atoms with Gasteiger partial charge in [-0.3, -0.25) is 19.3 Å². The van der Waals surface area contributed by atoms with Crippen LogP contribution in [0, 0.1) is 0 Å². The van der Waals surface area contributed by atoms with Gasteiger partial charge in [0.2, 0.25) is 5.91 Å². The molecule has 1 aliphatic rings. The summed E-state index contributed by atoms with van der Waals surface area (Å²) in [7, 11) is 0. The van der Waals surface area contributed by atoms with Crippen molar-refractivity contribution in [2.24, 2.45) is 0 Å². The summed E-state index contributed by atoms with van der Waals surface area (Å²) in [5.74, 6) is -2.05. The molecule has 0 bridgehead atoms. The third-order valence-electron chi connectivity index (χ3n) is 4.56. The number of carbonyl (C=O) groups is 3. The number of ether oxygens (including phenoxy) is 1. The smallest absolute Gasteiger partial charge is 0.418 e. The molecule has 33 heavy (non-hydrogen) atoms. The minimum atomic E-state index is -4.72. The van der Waals surface area contributed by atoms with E-state index in [0.29, 0.717) is 11.4 Å². The molecule has 0 aromatic heterocycles. The van der Waals surface area contributed by atoms with Crippen molar-refractivity contribution in [3.8, 4) is 0 Å². The molecular weight excluding hydrogens is 463 g/mol. The van der Waals surface area contributed by atoms with Crippen LogP contribution in [0.5, 0.6) is 0 Å². The van der Waals surface area contributed by atoms with Crippen molar-refractivity contribution in [3.63, 3.8) is 0 Å². The highest BCUT2D eigenvalue weighted by Gasteiger charge is 2.34. The molecule has 0 fully saturated rings. The molecule has 11 heteroatoms. The van der Waals surface area contributed by atoms with Crippen molar-refractivity contribution in [1.82, 2.24) is 0 Å². The number of carbonyl (C=O) groups excluding carboxylic acids is 3. The fraction of sp³-hybridized carbons (Fsp3) is 0.227. The average molecular weight is 482 g/mol. The van der Waals surface area contributed by atoms with E-state index in [1.165, 1.54) is 0 Å². The normalized spacial score (nSPS) is 13.4. The maximum Gasteiger partial charge on any atom is 0.418 e. The van der Waals surface area contributed by atoms with E-state index < -0.39 is 41.8 Å². The SMILES string of the molecule is CCOC(=O)CC1=CC(=O)N(CC(=O)Nc2cc(Cl)ccc2C(F)(F)F)c2ccccc2N1. The number of alkyl halides is 3. The lowest BCUT2D eigenvalue weighted by atomic mass is 10.1. The first-order chi connectivity index (χ1) is 15.6. The first kappa shape index (κ1) is 24.1. The number of nitrogens with zero attached hydrogens (tertiary/aromatic N) is 1. The van der Waals surface area contributed by atoms with E-state index >= 15 is 0 Å². The van der Waals surface area contributed by atoms with Gasteiger partial charge in [0.15, 0.2) is 0 Å². The Bertz CT molecular complexity index is 1120. The molecular formula is C22H19ClF3N3O4. The van der Waals surface area contributed by atoms with Gasteiger partial charge in [-0.1, -0.05) is 23.7 Å². The maximum atomic E-state index is 13.3. The quantitative estimate of drug-likeness (QED) is 0.589. The fourth-order valence-corrected chi connectivity index (χ4v) is 3.37. The highest BCUT2D eigenvalue weighted by Crippen LogP contribution is 2.36. The second kappa shape index (κ2) is 9.95. The molecule has 0 saturated carbocycles. The predicted octanol–water partition coefficient (Wildman–Crippen LogP) is 4.59. The number of fused-ring (bicyclic) bond motifs is 1. The van der Waals surface area contributed by atoms with E-state index in [4.69, 9.17) is 16.3 Å². The van der Waals surface area contributed by atoms with Crippen LogP contribution in [0.1, 0.15) is 18.9 Å². The van der Waals surface area contributed by atoms with Crippen LogP contribution >= 0.6 is 11.6 Å². The minimum Gasteiger partial charge on any atom is -0.466 e. The van der Waals surface area contributed by atoms with Gasteiger partial charge < -0.3 is 15.4 Å². The summed E-state index contributed by atoms with van der Waals surface area (Å²) < 4.78 is 44.8. The number of halogens is 4. The Hall–Kier alpha value is -3.53. The zero-order chi connectivity index (χ0) is 24.2. The van der Waals surface area contributed by atoms with Gasteiger partial charge >= 0.3 is 12.1 Å². The van der Waals surface area contributed by atoms with E-state index in [1.54, 1.807) is 31.2 Å². The largest absolute Gasteiger partial charge is 0.466 e. The van der Waals surface area contributed by atoms with Crippen LogP contribution < -0.4 is 15.5 Å². The summed E-state index contributed by atoms with van der Waals surface area (Å²) in [6.45, 7) is 1.24. The Kier molecular flexibility index (Phi) is 7.27. The number of esters is 1. The number of benzene rings is 2. The maximum absolute atomic E-state index is 13.3. The second-order valence-electron chi connectivity index (χ2n) is 6.95. The highest BCUT2D eigenvalue weighted by atomic mass is 35.5. The van der Waals surface area contributed by atoms with Crippen LogP contribution in [0.15, 0.2) is 54.2 Å². The van der Waals surface area contributed by atoms with E-state index in [0.717, 1.165) is 29.2 Å². The zero-order valence-corrected chi connectivity index (χ0v) is 18.1. The molecule has 0 spiro atoms. The molecule has 3 rings (SSSR count). The van der Waals surface area contributed by atoms with Crippen LogP contribution in [0.25, 0.3) is 0 Å². The minimum absolute atomic E-state index is 0.00485. The lowest BCUT2D eigenvalue weighted by molar-refractivity contribution is -0.142. The predicted molar refractivity (Wildman–Crippen MR) is 117 cm³/mol. The first-order valence-electron chi connectivity index (χ1n) is 9.79. The Morgan fingerprint density at radius 3 is 2.61 bits per heavy atom. The van der Waals surface area contributed by atoms with Gasteiger partial charge in [-0.25, -0.2) is 0 Å². The van der Waals surface area contributed by atoms with Gasteiger partial charge in [-0.2, -0.15) is 13.2 Å². The second-order valence-corrected chi connectivity index (χ2v) is 7.39. The van der Waals surface area contributed by atoms with Crippen LogP contribution in [0.2, 0.25) is 5.02 Å². The molecule has 0 aliphatic carbocycles. The van der Waals surface area contributed by atoms with E-state index in [-0.39, 0.29) is 23.7 Å². The molecule has 1 aliphatic heterocycles. The van der Waals surface area contributed by atoms with Gasteiger partial charge in [-0.15, -0.1) is 0 Å². The Morgan fingerprint density at radius 2 is 1.91 bits per heavy atom. The fourth-order valence-electron chi connectivity index (χ4n) is 3.20. The summed E-state index contributed by atoms with van der Waals surface area (Å²) in [6, 6.07) is 9.33. The molecule has 1 heterocycles. The number of amides is 2. The van der Waals surface area contributed by atoms with Crippen LogP contribution in [-0.4, -0.2) is 30.9 Å². The lowest BCUT2D eigenvalue weighted by Gasteiger charge is -2.22. The molecule has 0 atom stereocenters. The van der Waals surface area contributed by atoms with E-state index in [2.05, 4.69) is 10.6 Å². The van der Waals surface area contributed by atoms with Crippen molar-refractivity contribution in [1.29, 1.82) is 0 Å². The number of hydrogen-bond acceptors (Lipinski definition) is 5. The number of nitrogens with one attached hydrogen (secondary N) is 2. The molecule has 0 radical (unpaired) electrons. The molecule has 2 N–H and O–H groups in total. The first-order valence-corrected chi connectivity index (χ1v) is 10.2. The number of rotatable bonds is 6. The lowest BCUT2D eigenvalue weighted by Crippen LogP contribution is -2.37. The summed E-state index contributed by atoms with van der Waals surface area (Å²) in [5.41, 5.74) is -0.586. The molecule has 2 aromatic carbocycles. The number of para-hydroxylation sites is 2. The van der Waals surface area contributed by atoms with Crippen LogP contribution in [-0.2, 0) is 25.3 Å². The topological polar surface area (TPSA) is 87.7 Å². The Balaban J connectivity index is 1.86. The third kappa shape index (κ3) is 6.04. The standard InChI is InChI=1S/C22H19ClF3N3O4/c1-2-33-21(32)11-14-10-20(31)29(18-6-4-3-5-16(18)27-14)12-19(30)28-17-9-13(23)7-8-15(17)22(24,25)26/h3-10,27H,2,11-12H2,1H3,(H,28,30). The summed E-state index contributed by atoms with van der Waals surface area (Å²) in [5, 5.41) is 5.16. The summed E-state index contributed by atoms with van der Waals surface area (Å²) >= 11 is 5.80. The van der Waals surface area contributed by atoms with Gasteiger partial charge in [0, 0.05) is 16.8 Å². The summed E-state index contributed by atoms with van der Waals surface area (Å²) in [6.07, 6.45) is -3.77. The average Bonchev–Trinajstić information content (AvgIpc) is 2.83. The summed E-state index contributed by atoms with van der Waals surface area (Å²) in [4.78, 5) is 38.5. The third-order valence-corrected chi connectivity index (χ3v) is 4.79. The number of anilines is 3. The monoisotopic (exact) mass is 481 g/mol. The van der Waals surface area contributed by atoms with Gasteiger partial charge in [0.1, 0.15) is 6.54 Å². The van der Waals surface area contributed by atoms with Gasteiger partial charge in [-0.05, 0) is 37.3 Å². The van der Waals surface area contributed by atoms with Crippen LogP contribution in [0.4, 0.5) is 30.2 Å². The molecule has 2 amide bonds. The van der Waals surface area contributed by atoms with Crippen molar-refractivity contribution in [3.05, 3.63) is 64.8 Å². The molecule has 2 aromatic rings. The molecule has 0 unspecified atom stereocenters. The number of hydrogen-bond donors (Lipinski definition) is 2. The van der Waals surface area contributed by atoms with E-state index in [1.807, 2.05) is 0 Å². The molecule has 0 saturated heterocycles. The van der Waals surface area contributed by atoms with Crippen molar-refractivity contribution in [2.45, 2.75) is 19.5 Å². The van der Waals surface area contributed by atoms with Crippen LogP contribution in [0.3, 0.4) is 0 Å². The van der Waals surface area contributed by atoms with Gasteiger partial charge in [0.05, 0.1) is 35.7 Å². The molecule has 174 valence electrons.